The highest BCUT2D eigenvalue weighted by Crippen LogP contribution is 2.23. The van der Waals surface area contributed by atoms with Gasteiger partial charge in [-0.15, -0.1) is 11.6 Å². The lowest BCUT2D eigenvalue weighted by atomic mass is 10.4. The maximum absolute atomic E-state index is 12.1. The number of hydrogen-bond acceptors (Lipinski definition) is 2. The van der Waals surface area contributed by atoms with Gasteiger partial charge in [-0.05, 0) is 0 Å². The van der Waals surface area contributed by atoms with Crippen LogP contribution in [0.15, 0.2) is 0 Å². The molecule has 2 nitrogen and oxygen atoms in total. The first-order valence-electron chi connectivity index (χ1n) is 2.81. The van der Waals surface area contributed by atoms with Crippen LogP contribution in [0.1, 0.15) is 6.42 Å². The summed E-state index contributed by atoms with van der Waals surface area (Å²) in [6.45, 7) is 0. The largest absolute Gasteiger partial charge is 0.430 e. The summed E-state index contributed by atoms with van der Waals surface area (Å²) < 4.78 is 49.9. The first-order chi connectivity index (χ1) is 5.35. The predicted octanol–water partition coefficient (Wildman–Crippen LogP) is 2.02. The van der Waals surface area contributed by atoms with E-state index in [2.05, 4.69) is 4.74 Å². The van der Waals surface area contributed by atoms with Crippen LogP contribution in [0.25, 0.3) is 0 Å². The van der Waals surface area contributed by atoms with E-state index in [1.807, 2.05) is 0 Å². The van der Waals surface area contributed by atoms with E-state index < -0.39 is 30.8 Å². The monoisotopic (exact) mass is 208 g/mol. The van der Waals surface area contributed by atoms with Crippen molar-refractivity contribution >= 4 is 17.6 Å². The summed E-state index contributed by atoms with van der Waals surface area (Å²) in [5.74, 6) is -1.88. The molecule has 0 rings (SSSR count). The quantitative estimate of drug-likeness (QED) is 0.403. The van der Waals surface area contributed by atoms with Gasteiger partial charge in [0, 0.05) is 0 Å². The van der Waals surface area contributed by atoms with Crippen LogP contribution in [-0.2, 0) is 9.53 Å². The zero-order chi connectivity index (χ0) is 9.78. The number of carbonyl (C=O) groups is 1. The highest BCUT2D eigenvalue weighted by Gasteiger charge is 2.33. The molecule has 0 aromatic carbocycles. The van der Waals surface area contributed by atoms with Crippen LogP contribution in [-0.4, -0.2) is 24.4 Å². The van der Waals surface area contributed by atoms with E-state index in [9.17, 15) is 22.4 Å². The van der Waals surface area contributed by atoms with Gasteiger partial charge in [0.1, 0.15) is 12.3 Å². The minimum atomic E-state index is -4.69. The van der Waals surface area contributed by atoms with Crippen molar-refractivity contribution in [2.45, 2.75) is 19.0 Å². The lowest BCUT2D eigenvalue weighted by Crippen LogP contribution is -2.21. The molecule has 0 heterocycles. The molecule has 1 unspecified atom stereocenters. The minimum Gasteiger partial charge on any atom is -0.430 e. The van der Waals surface area contributed by atoms with E-state index in [0.717, 1.165) is 0 Å². The number of ether oxygens (including phenoxy) is 1. The van der Waals surface area contributed by atoms with Crippen molar-refractivity contribution in [2.24, 2.45) is 0 Å². The summed E-state index contributed by atoms with van der Waals surface area (Å²) in [6.07, 6.45) is -9.17. The van der Waals surface area contributed by atoms with Crippen LogP contribution in [0.3, 0.4) is 0 Å². The highest BCUT2D eigenvalue weighted by molar-refractivity contribution is 6.26. The van der Waals surface area contributed by atoms with Crippen LogP contribution < -0.4 is 0 Å². The Kier molecular flexibility index (Phi) is 4.30. The SMILES string of the molecule is O=C(CCl)OC(F)CC(F)(F)F. The second kappa shape index (κ2) is 4.49. The number of esters is 1. The van der Waals surface area contributed by atoms with Crippen LogP contribution >= 0.6 is 11.6 Å². The lowest BCUT2D eigenvalue weighted by molar-refractivity contribution is -0.188. The molecular weight excluding hydrogens is 203 g/mol. The number of alkyl halides is 5. The molecule has 12 heavy (non-hydrogen) atoms. The molecule has 0 aliphatic heterocycles. The van der Waals surface area contributed by atoms with Gasteiger partial charge in [-0.3, -0.25) is 4.79 Å². The van der Waals surface area contributed by atoms with Gasteiger partial charge in [0.25, 0.3) is 0 Å². The Labute approximate surface area is 70.4 Å². The molecule has 72 valence electrons. The molecule has 0 aliphatic carbocycles. The molecule has 0 amide bonds. The second-order valence-electron chi connectivity index (χ2n) is 1.85. The van der Waals surface area contributed by atoms with Crippen molar-refractivity contribution in [3.05, 3.63) is 0 Å². The molecule has 0 fully saturated rings. The van der Waals surface area contributed by atoms with Crippen molar-refractivity contribution in [3.63, 3.8) is 0 Å². The van der Waals surface area contributed by atoms with E-state index in [1.165, 1.54) is 0 Å². The van der Waals surface area contributed by atoms with Crippen LogP contribution in [0.4, 0.5) is 17.6 Å². The van der Waals surface area contributed by atoms with Crippen LogP contribution in [0, 0.1) is 0 Å². The normalized spacial score (nSPS) is 14.1. The molecule has 0 aliphatic rings. The summed E-state index contributed by atoms with van der Waals surface area (Å²) in [5, 5.41) is 0. The highest BCUT2D eigenvalue weighted by atomic mass is 35.5. The molecule has 0 radical (unpaired) electrons. The van der Waals surface area contributed by atoms with E-state index in [1.54, 1.807) is 0 Å². The smallest absolute Gasteiger partial charge is 0.395 e. The third kappa shape index (κ3) is 6.21. The van der Waals surface area contributed by atoms with Crippen molar-refractivity contribution in [1.29, 1.82) is 0 Å². The fourth-order valence-electron chi connectivity index (χ4n) is 0.398. The van der Waals surface area contributed by atoms with E-state index >= 15 is 0 Å². The third-order valence-corrected chi connectivity index (χ3v) is 0.979. The zero-order valence-corrected chi connectivity index (χ0v) is 6.45. The number of carbonyl (C=O) groups excluding carboxylic acids is 1. The van der Waals surface area contributed by atoms with Gasteiger partial charge in [0.2, 0.25) is 6.36 Å². The zero-order valence-electron chi connectivity index (χ0n) is 5.70. The van der Waals surface area contributed by atoms with Crippen molar-refractivity contribution in [3.8, 4) is 0 Å². The van der Waals surface area contributed by atoms with Crippen molar-refractivity contribution in [2.75, 3.05) is 5.88 Å². The molecule has 0 aromatic rings. The van der Waals surface area contributed by atoms with Gasteiger partial charge in [0.15, 0.2) is 0 Å². The average molecular weight is 209 g/mol. The van der Waals surface area contributed by atoms with E-state index in [-0.39, 0.29) is 0 Å². The molecule has 0 aromatic heterocycles. The summed E-state index contributed by atoms with van der Waals surface area (Å²) in [6, 6.07) is 0. The van der Waals surface area contributed by atoms with Crippen molar-refractivity contribution in [1.82, 2.24) is 0 Å². The molecule has 0 bridgehead atoms. The second-order valence-corrected chi connectivity index (χ2v) is 2.12. The maximum atomic E-state index is 12.1. The lowest BCUT2D eigenvalue weighted by Gasteiger charge is -2.10. The molecule has 0 saturated heterocycles. The van der Waals surface area contributed by atoms with E-state index in [4.69, 9.17) is 11.6 Å². The van der Waals surface area contributed by atoms with Gasteiger partial charge < -0.3 is 4.74 Å². The number of hydrogen-bond donors (Lipinski definition) is 0. The molecule has 0 spiro atoms. The van der Waals surface area contributed by atoms with Crippen molar-refractivity contribution < 1.29 is 27.1 Å². The van der Waals surface area contributed by atoms with Gasteiger partial charge in [-0.25, -0.2) is 4.39 Å². The molecule has 7 heteroatoms. The maximum Gasteiger partial charge on any atom is 0.395 e. The van der Waals surface area contributed by atoms with Crippen LogP contribution in [0.5, 0.6) is 0 Å². The minimum absolute atomic E-state index is 0.668. The summed E-state index contributed by atoms with van der Waals surface area (Å²) in [7, 11) is 0. The van der Waals surface area contributed by atoms with E-state index in [0.29, 0.717) is 0 Å². The topological polar surface area (TPSA) is 26.3 Å². The Morgan fingerprint density at radius 3 is 2.33 bits per heavy atom. The Morgan fingerprint density at radius 1 is 1.50 bits per heavy atom. The summed E-state index contributed by atoms with van der Waals surface area (Å²) in [5.41, 5.74) is 0. The Balaban J connectivity index is 3.74. The first kappa shape index (κ1) is 11.5. The Hall–Kier alpha value is -0.520. The number of halogens is 5. The molecule has 0 saturated carbocycles. The van der Waals surface area contributed by atoms with Gasteiger partial charge in [-0.1, -0.05) is 0 Å². The predicted molar refractivity (Wildman–Crippen MR) is 32.4 cm³/mol. The first-order valence-corrected chi connectivity index (χ1v) is 3.35. The average Bonchev–Trinajstić information content (AvgIpc) is 1.82. The molecular formula is C5H5ClF4O2. The standard InChI is InChI=1S/C5H5ClF4O2/c6-2-4(11)12-3(7)1-5(8,9)10/h3H,1-2H2. The fourth-order valence-corrected chi connectivity index (χ4v) is 0.461. The number of rotatable bonds is 3. The summed E-state index contributed by atoms with van der Waals surface area (Å²) in [4.78, 5) is 10.1. The molecule has 1 atom stereocenters. The van der Waals surface area contributed by atoms with Gasteiger partial charge in [0.05, 0.1) is 0 Å². The summed E-state index contributed by atoms with van der Waals surface area (Å²) >= 11 is 4.84. The Bertz CT molecular complexity index is 158. The van der Waals surface area contributed by atoms with Gasteiger partial charge in [-0.2, -0.15) is 13.2 Å². The fraction of sp³-hybridized carbons (Fsp3) is 0.800. The van der Waals surface area contributed by atoms with Crippen LogP contribution in [0.2, 0.25) is 0 Å². The Morgan fingerprint density at radius 2 is 2.00 bits per heavy atom. The molecule has 0 N–H and O–H groups in total. The van der Waals surface area contributed by atoms with Gasteiger partial charge >= 0.3 is 12.1 Å². The third-order valence-electron chi connectivity index (χ3n) is 0.760.